The number of benzene rings is 1. The molecular formula is C11H15NO3. The van der Waals surface area contributed by atoms with Gasteiger partial charge >= 0.3 is 5.97 Å². The summed E-state index contributed by atoms with van der Waals surface area (Å²) in [5.41, 5.74) is 6.03. The molecule has 1 atom stereocenters. The van der Waals surface area contributed by atoms with Crippen LogP contribution in [0.15, 0.2) is 24.3 Å². The third-order valence-electron chi connectivity index (χ3n) is 1.88. The van der Waals surface area contributed by atoms with Gasteiger partial charge < -0.3 is 15.6 Å². The molecule has 0 bridgehead atoms. The van der Waals surface area contributed by atoms with Crippen molar-refractivity contribution < 1.29 is 14.6 Å². The number of para-hydroxylation sites is 1. The molecule has 0 aliphatic rings. The van der Waals surface area contributed by atoms with Crippen molar-refractivity contribution in [1.29, 1.82) is 0 Å². The summed E-state index contributed by atoms with van der Waals surface area (Å²) in [6.07, 6.45) is -0.00727. The van der Waals surface area contributed by atoms with E-state index in [1.807, 2.05) is 13.8 Å². The van der Waals surface area contributed by atoms with E-state index in [0.29, 0.717) is 11.3 Å². The van der Waals surface area contributed by atoms with Crippen molar-refractivity contribution in [3.05, 3.63) is 29.8 Å². The van der Waals surface area contributed by atoms with Crippen LogP contribution in [0.1, 0.15) is 25.5 Å². The van der Waals surface area contributed by atoms with Gasteiger partial charge in [0.15, 0.2) is 0 Å². The lowest BCUT2D eigenvalue weighted by Crippen LogP contribution is -2.22. The van der Waals surface area contributed by atoms with Gasteiger partial charge in [-0.05, 0) is 19.9 Å². The summed E-state index contributed by atoms with van der Waals surface area (Å²) < 4.78 is 5.47. The van der Waals surface area contributed by atoms with Crippen molar-refractivity contribution >= 4 is 5.97 Å². The van der Waals surface area contributed by atoms with Gasteiger partial charge in [-0.2, -0.15) is 0 Å². The molecule has 0 saturated heterocycles. The molecule has 0 amide bonds. The van der Waals surface area contributed by atoms with E-state index in [1.165, 1.54) is 0 Å². The number of carboxylic acid groups (broad SMARTS) is 1. The minimum absolute atomic E-state index is 0.00727. The first kappa shape index (κ1) is 11.5. The van der Waals surface area contributed by atoms with Gasteiger partial charge in [-0.1, -0.05) is 18.2 Å². The Morgan fingerprint density at radius 3 is 2.53 bits per heavy atom. The largest absolute Gasteiger partial charge is 0.491 e. The number of rotatable bonds is 4. The molecule has 1 aromatic rings. The smallest absolute Gasteiger partial charge is 0.325 e. The number of nitrogens with two attached hydrogens (primary N) is 1. The van der Waals surface area contributed by atoms with Gasteiger partial charge in [0.25, 0.3) is 0 Å². The molecule has 15 heavy (non-hydrogen) atoms. The summed E-state index contributed by atoms with van der Waals surface area (Å²) in [5, 5.41) is 8.81. The highest BCUT2D eigenvalue weighted by Crippen LogP contribution is 2.24. The maximum Gasteiger partial charge on any atom is 0.325 e. The van der Waals surface area contributed by atoms with Crippen molar-refractivity contribution in [2.45, 2.75) is 26.0 Å². The van der Waals surface area contributed by atoms with Crippen molar-refractivity contribution in [3.63, 3.8) is 0 Å². The highest BCUT2D eigenvalue weighted by molar-refractivity contribution is 5.76. The quantitative estimate of drug-likeness (QED) is 0.789. The third-order valence-corrected chi connectivity index (χ3v) is 1.88. The molecule has 1 rings (SSSR count). The third kappa shape index (κ3) is 2.95. The summed E-state index contributed by atoms with van der Waals surface area (Å²) >= 11 is 0. The minimum Gasteiger partial charge on any atom is -0.491 e. The first-order valence-electron chi connectivity index (χ1n) is 4.76. The highest BCUT2D eigenvalue weighted by Gasteiger charge is 2.18. The van der Waals surface area contributed by atoms with Gasteiger partial charge in [0, 0.05) is 5.56 Å². The Bertz CT molecular complexity index is 349. The average Bonchev–Trinajstić information content (AvgIpc) is 2.16. The maximum absolute atomic E-state index is 10.8. The Kier molecular flexibility index (Phi) is 3.68. The Balaban J connectivity index is 3.00. The minimum atomic E-state index is -1.06. The second kappa shape index (κ2) is 4.79. The van der Waals surface area contributed by atoms with E-state index in [1.54, 1.807) is 24.3 Å². The maximum atomic E-state index is 10.8. The lowest BCUT2D eigenvalue weighted by Gasteiger charge is -2.16. The normalized spacial score (nSPS) is 12.5. The van der Waals surface area contributed by atoms with E-state index in [-0.39, 0.29) is 6.10 Å². The van der Waals surface area contributed by atoms with Crippen molar-refractivity contribution in [2.75, 3.05) is 0 Å². The number of hydrogen-bond donors (Lipinski definition) is 2. The Hall–Kier alpha value is -1.55. The van der Waals surface area contributed by atoms with Crippen LogP contribution in [0.25, 0.3) is 0 Å². The summed E-state index contributed by atoms with van der Waals surface area (Å²) in [4.78, 5) is 10.8. The van der Waals surface area contributed by atoms with Crippen LogP contribution in [0.3, 0.4) is 0 Å². The highest BCUT2D eigenvalue weighted by atomic mass is 16.5. The first-order chi connectivity index (χ1) is 7.02. The molecule has 82 valence electrons. The molecule has 0 unspecified atom stereocenters. The number of carbonyl (C=O) groups is 1. The Morgan fingerprint density at radius 1 is 1.40 bits per heavy atom. The van der Waals surface area contributed by atoms with Crippen LogP contribution in [0.4, 0.5) is 0 Å². The fourth-order valence-electron chi connectivity index (χ4n) is 1.23. The van der Waals surface area contributed by atoms with Crippen LogP contribution in [-0.4, -0.2) is 17.2 Å². The molecule has 0 aliphatic heterocycles. The fraction of sp³-hybridized carbons (Fsp3) is 0.364. The summed E-state index contributed by atoms with van der Waals surface area (Å²) in [6.45, 7) is 3.76. The van der Waals surface area contributed by atoms with Crippen LogP contribution < -0.4 is 10.5 Å². The summed E-state index contributed by atoms with van der Waals surface area (Å²) in [6, 6.07) is 5.87. The predicted octanol–water partition coefficient (Wildman–Crippen LogP) is 1.56. The van der Waals surface area contributed by atoms with E-state index >= 15 is 0 Å². The standard InChI is InChI=1S/C11H15NO3/c1-7(2)15-9-6-4-3-5-8(9)10(12)11(13)14/h3-7,10H,12H2,1-2H3,(H,13,14)/t10-/m0/s1. The van der Waals surface area contributed by atoms with E-state index in [0.717, 1.165) is 0 Å². The van der Waals surface area contributed by atoms with Crippen LogP contribution in [0.5, 0.6) is 5.75 Å². The van der Waals surface area contributed by atoms with E-state index in [9.17, 15) is 4.79 Å². The van der Waals surface area contributed by atoms with Gasteiger partial charge in [-0.25, -0.2) is 0 Å². The van der Waals surface area contributed by atoms with Crippen LogP contribution in [0, 0.1) is 0 Å². The van der Waals surface area contributed by atoms with Gasteiger partial charge in [0.2, 0.25) is 0 Å². The fourth-order valence-corrected chi connectivity index (χ4v) is 1.23. The SMILES string of the molecule is CC(C)Oc1ccccc1[C@H](N)C(=O)O. The summed E-state index contributed by atoms with van der Waals surface area (Å²) in [5.74, 6) is -0.530. The molecule has 0 fully saturated rings. The first-order valence-corrected chi connectivity index (χ1v) is 4.76. The zero-order valence-corrected chi connectivity index (χ0v) is 8.81. The molecule has 4 nitrogen and oxygen atoms in total. The van der Waals surface area contributed by atoms with Crippen LogP contribution >= 0.6 is 0 Å². The Labute approximate surface area is 88.7 Å². The lowest BCUT2D eigenvalue weighted by molar-refractivity contribution is -0.138. The van der Waals surface area contributed by atoms with E-state index in [2.05, 4.69) is 0 Å². The number of ether oxygens (including phenoxy) is 1. The zero-order valence-electron chi connectivity index (χ0n) is 8.81. The molecular weight excluding hydrogens is 194 g/mol. The molecule has 0 saturated carbocycles. The molecule has 0 radical (unpaired) electrons. The monoisotopic (exact) mass is 209 g/mol. The molecule has 4 heteroatoms. The van der Waals surface area contributed by atoms with Gasteiger partial charge in [0.1, 0.15) is 11.8 Å². The van der Waals surface area contributed by atoms with Crippen LogP contribution in [-0.2, 0) is 4.79 Å². The molecule has 0 heterocycles. The van der Waals surface area contributed by atoms with Gasteiger partial charge in [-0.3, -0.25) is 4.79 Å². The molecule has 0 aliphatic carbocycles. The van der Waals surface area contributed by atoms with Crippen molar-refractivity contribution in [2.24, 2.45) is 5.73 Å². The average molecular weight is 209 g/mol. The van der Waals surface area contributed by atoms with Crippen LogP contribution in [0.2, 0.25) is 0 Å². The van der Waals surface area contributed by atoms with Crippen molar-refractivity contribution in [1.82, 2.24) is 0 Å². The topological polar surface area (TPSA) is 72.5 Å². The molecule has 0 aromatic heterocycles. The number of carboxylic acids is 1. The second-order valence-corrected chi connectivity index (χ2v) is 3.52. The molecule has 3 N–H and O–H groups in total. The summed E-state index contributed by atoms with van der Waals surface area (Å²) in [7, 11) is 0. The van der Waals surface area contributed by atoms with E-state index in [4.69, 9.17) is 15.6 Å². The number of hydrogen-bond acceptors (Lipinski definition) is 3. The second-order valence-electron chi connectivity index (χ2n) is 3.52. The van der Waals surface area contributed by atoms with E-state index < -0.39 is 12.0 Å². The van der Waals surface area contributed by atoms with Gasteiger partial charge in [-0.15, -0.1) is 0 Å². The predicted molar refractivity (Wildman–Crippen MR) is 56.8 cm³/mol. The molecule has 0 spiro atoms. The Morgan fingerprint density at radius 2 is 2.00 bits per heavy atom. The number of aliphatic carboxylic acids is 1. The molecule has 1 aromatic carbocycles. The van der Waals surface area contributed by atoms with Gasteiger partial charge in [0.05, 0.1) is 6.10 Å². The lowest BCUT2D eigenvalue weighted by atomic mass is 10.1. The zero-order chi connectivity index (χ0) is 11.4. The van der Waals surface area contributed by atoms with Crippen molar-refractivity contribution in [3.8, 4) is 5.75 Å².